The quantitative estimate of drug-likeness (QED) is 0.275. The molecule has 2 aromatic carbocycles. The molecule has 1 nitrogen and oxygen atoms in total. The molecule has 5 atom stereocenters. The summed E-state index contributed by atoms with van der Waals surface area (Å²) in [4.78, 5) is 2.78. The van der Waals surface area contributed by atoms with Crippen molar-refractivity contribution in [2.24, 2.45) is 23.7 Å². The van der Waals surface area contributed by atoms with E-state index in [1.165, 1.54) is 132 Å². The second-order valence-electron chi connectivity index (χ2n) is 18.9. The van der Waals surface area contributed by atoms with Gasteiger partial charge in [-0.25, -0.2) is 0 Å². The molecule has 2 aromatic rings. The molecule has 10 rings (SSSR count). The Morgan fingerprint density at radius 1 is 0.702 bits per heavy atom. The molecule has 8 aliphatic rings. The highest BCUT2D eigenvalue weighted by Crippen LogP contribution is 2.52. The van der Waals surface area contributed by atoms with Crippen LogP contribution in [0.25, 0.3) is 11.1 Å². The summed E-state index contributed by atoms with van der Waals surface area (Å²) < 4.78 is 0. The standard InChI is InChI=1S/C56H65N/c1-39-53(42-21-9-4-10-22-42)37-46-24-12-14-26-50(46)51-32-31-45(35-54(39)51)44-29-30-47-38-57(56-28-16-15-27-52(56)55(47)36-44)49-25-13-11-23-43(40-17-5-2-6-18-40)33-48(34-49)41-19-7-3-8-20-41/h2,4-7,9,14,17-19,25-26,29-30,33-34,36,39,41-42,45,53H,3,8,10-13,15-16,20-24,27-28,31-32,35,37-38H2,1H3/b43-33-,48-34?,49-25?/t39-,41?,42?,45?,53?/m0/s1. The van der Waals surface area contributed by atoms with E-state index in [1.807, 2.05) is 5.57 Å². The molecule has 7 aliphatic carbocycles. The molecule has 0 amide bonds. The van der Waals surface area contributed by atoms with Gasteiger partial charge in [0.25, 0.3) is 0 Å². The van der Waals surface area contributed by atoms with Crippen LogP contribution in [0.4, 0.5) is 0 Å². The van der Waals surface area contributed by atoms with Crippen LogP contribution in [-0.2, 0) is 6.54 Å². The maximum atomic E-state index is 2.78. The van der Waals surface area contributed by atoms with Gasteiger partial charge < -0.3 is 4.90 Å². The predicted molar refractivity (Wildman–Crippen MR) is 241 cm³/mol. The van der Waals surface area contributed by atoms with Gasteiger partial charge in [-0.3, -0.25) is 0 Å². The van der Waals surface area contributed by atoms with Gasteiger partial charge in [0.2, 0.25) is 0 Å². The van der Waals surface area contributed by atoms with Crippen LogP contribution in [0.15, 0.2) is 142 Å². The van der Waals surface area contributed by atoms with E-state index in [0.29, 0.717) is 17.8 Å². The summed E-state index contributed by atoms with van der Waals surface area (Å²) in [6, 6.07) is 19.0. The molecule has 57 heavy (non-hydrogen) atoms. The van der Waals surface area contributed by atoms with Gasteiger partial charge in [0.15, 0.2) is 0 Å². The number of allylic oxidation sites excluding steroid dienone is 17. The molecular formula is C56H65N. The first-order valence-electron chi connectivity index (χ1n) is 23.4. The van der Waals surface area contributed by atoms with Gasteiger partial charge in [0, 0.05) is 23.9 Å². The van der Waals surface area contributed by atoms with Crippen molar-refractivity contribution >= 4 is 11.1 Å². The van der Waals surface area contributed by atoms with E-state index in [2.05, 4.69) is 115 Å². The lowest BCUT2D eigenvalue weighted by Gasteiger charge is -2.39. The van der Waals surface area contributed by atoms with Gasteiger partial charge in [-0.2, -0.15) is 0 Å². The second-order valence-corrected chi connectivity index (χ2v) is 18.9. The number of nitrogens with zero attached hydrogens (tertiary/aromatic N) is 1. The summed E-state index contributed by atoms with van der Waals surface area (Å²) in [5, 5.41) is 0. The number of benzene rings is 2. The average Bonchev–Trinajstić information content (AvgIpc) is 3.32. The SMILES string of the molecule is C[C@@H]1C2=C(CCC(c3ccc4c(c3)C3=C(CCCC3)N(C3=CCCC/C(c5ccccc5)=C/C(C5C=CCCC5)=C3)C4)C2)C2=C(CCC=C2)CC1C1CC=CCC1. The Kier molecular flexibility index (Phi) is 10.9. The van der Waals surface area contributed by atoms with Crippen LogP contribution in [0.3, 0.4) is 0 Å². The van der Waals surface area contributed by atoms with Gasteiger partial charge in [0.1, 0.15) is 0 Å². The fourth-order valence-corrected chi connectivity index (χ4v) is 12.5. The first-order chi connectivity index (χ1) is 28.2. The van der Waals surface area contributed by atoms with E-state index >= 15 is 0 Å². The van der Waals surface area contributed by atoms with Crippen LogP contribution in [-0.4, -0.2) is 4.90 Å². The first kappa shape index (κ1) is 37.2. The highest BCUT2D eigenvalue weighted by atomic mass is 15.2. The molecule has 0 N–H and O–H groups in total. The zero-order valence-corrected chi connectivity index (χ0v) is 34.8. The minimum atomic E-state index is 0.493. The molecule has 0 fully saturated rings. The fourth-order valence-electron chi connectivity index (χ4n) is 12.5. The molecule has 294 valence electrons. The van der Waals surface area contributed by atoms with Gasteiger partial charge in [-0.15, -0.1) is 0 Å². The van der Waals surface area contributed by atoms with Crippen LogP contribution >= 0.6 is 0 Å². The smallest absolute Gasteiger partial charge is 0.0484 e. The Morgan fingerprint density at radius 3 is 2.51 bits per heavy atom. The molecule has 0 bridgehead atoms. The van der Waals surface area contributed by atoms with E-state index in [9.17, 15) is 0 Å². The van der Waals surface area contributed by atoms with E-state index in [4.69, 9.17) is 0 Å². The number of hydrogen-bond donors (Lipinski definition) is 0. The Morgan fingerprint density at radius 2 is 1.63 bits per heavy atom. The summed E-state index contributed by atoms with van der Waals surface area (Å²) in [7, 11) is 0. The Balaban J connectivity index is 0.977. The highest BCUT2D eigenvalue weighted by Gasteiger charge is 2.38. The van der Waals surface area contributed by atoms with Gasteiger partial charge in [-0.05, 0) is 202 Å². The molecule has 1 heteroatoms. The Bertz CT molecular complexity index is 2140. The summed E-state index contributed by atoms with van der Waals surface area (Å²) in [6.45, 7) is 3.63. The fraction of sp³-hybridized carbons (Fsp3) is 0.464. The Hall–Kier alpha value is -4.10. The van der Waals surface area contributed by atoms with Crippen LogP contribution < -0.4 is 0 Å². The van der Waals surface area contributed by atoms with Gasteiger partial charge in [0.05, 0.1) is 0 Å². The van der Waals surface area contributed by atoms with Crippen LogP contribution in [0.2, 0.25) is 0 Å². The third kappa shape index (κ3) is 7.54. The van der Waals surface area contributed by atoms with Crippen LogP contribution in [0.1, 0.15) is 157 Å². The van der Waals surface area contributed by atoms with Crippen molar-refractivity contribution in [1.29, 1.82) is 0 Å². The Labute approximate surface area is 344 Å². The lowest BCUT2D eigenvalue weighted by atomic mass is 9.68. The number of rotatable bonds is 5. The minimum Gasteiger partial charge on any atom is -0.341 e. The monoisotopic (exact) mass is 752 g/mol. The maximum Gasteiger partial charge on any atom is 0.0484 e. The minimum absolute atomic E-state index is 0.493. The molecular weight excluding hydrogens is 687 g/mol. The molecule has 1 aliphatic heterocycles. The summed E-state index contributed by atoms with van der Waals surface area (Å²) >= 11 is 0. The van der Waals surface area contributed by atoms with Gasteiger partial charge >= 0.3 is 0 Å². The average molecular weight is 752 g/mol. The molecule has 0 radical (unpaired) electrons. The topological polar surface area (TPSA) is 3.24 Å². The van der Waals surface area contributed by atoms with Crippen molar-refractivity contribution in [3.05, 3.63) is 165 Å². The third-order valence-electron chi connectivity index (χ3n) is 15.6. The largest absolute Gasteiger partial charge is 0.341 e. The molecule has 0 spiro atoms. The number of fused-ring (bicyclic) bond motifs is 3. The summed E-state index contributed by atoms with van der Waals surface area (Å²) in [5.41, 5.74) is 20.9. The summed E-state index contributed by atoms with van der Waals surface area (Å²) in [6.07, 6.45) is 46.5. The first-order valence-corrected chi connectivity index (χ1v) is 23.4. The van der Waals surface area contributed by atoms with Gasteiger partial charge in [-0.1, -0.05) is 115 Å². The van der Waals surface area contributed by atoms with Crippen LogP contribution in [0, 0.1) is 23.7 Å². The van der Waals surface area contributed by atoms with Crippen LogP contribution in [0.5, 0.6) is 0 Å². The lowest BCUT2D eigenvalue weighted by molar-refractivity contribution is 0.239. The van der Waals surface area contributed by atoms with E-state index in [-0.39, 0.29) is 0 Å². The zero-order chi connectivity index (χ0) is 38.1. The molecule has 0 aromatic heterocycles. The van der Waals surface area contributed by atoms with Crippen molar-refractivity contribution in [3.8, 4) is 0 Å². The maximum absolute atomic E-state index is 2.78. The molecule has 0 saturated carbocycles. The van der Waals surface area contributed by atoms with Crippen molar-refractivity contribution in [2.75, 3.05) is 0 Å². The zero-order valence-electron chi connectivity index (χ0n) is 34.8. The van der Waals surface area contributed by atoms with Crippen molar-refractivity contribution in [3.63, 3.8) is 0 Å². The van der Waals surface area contributed by atoms with E-state index in [0.717, 1.165) is 31.2 Å². The van der Waals surface area contributed by atoms with Crippen molar-refractivity contribution in [1.82, 2.24) is 4.90 Å². The lowest BCUT2D eigenvalue weighted by Crippen LogP contribution is -2.29. The van der Waals surface area contributed by atoms with E-state index in [1.54, 1.807) is 44.7 Å². The van der Waals surface area contributed by atoms with Crippen molar-refractivity contribution < 1.29 is 0 Å². The summed E-state index contributed by atoms with van der Waals surface area (Å²) in [5.74, 6) is 3.43. The molecule has 1 heterocycles. The normalized spacial score (nSPS) is 30.1. The molecule has 4 unspecified atom stereocenters. The van der Waals surface area contributed by atoms with E-state index < -0.39 is 0 Å². The second kappa shape index (κ2) is 16.6. The molecule has 0 saturated heterocycles. The van der Waals surface area contributed by atoms with Crippen molar-refractivity contribution in [2.45, 2.75) is 141 Å². The third-order valence-corrected chi connectivity index (χ3v) is 15.6. The highest BCUT2D eigenvalue weighted by molar-refractivity contribution is 5.75. The number of hydrogen-bond acceptors (Lipinski definition) is 1. The predicted octanol–water partition coefficient (Wildman–Crippen LogP) is 15.4.